The molecule has 0 bridgehead atoms. The molecule has 0 aromatic carbocycles. The van der Waals surface area contributed by atoms with Crippen LogP contribution in [-0.2, 0) is 9.36 Å². The third-order valence-corrected chi connectivity index (χ3v) is 4.22. The van der Waals surface area contributed by atoms with Crippen LogP contribution >= 0.6 is 7.60 Å². The van der Waals surface area contributed by atoms with Gasteiger partial charge < -0.3 is 14.9 Å². The third-order valence-electron chi connectivity index (χ3n) is 2.44. The van der Waals surface area contributed by atoms with Crippen molar-refractivity contribution >= 4 is 13.6 Å². The molecule has 0 rings (SSSR count). The van der Waals surface area contributed by atoms with Gasteiger partial charge in [-0.25, -0.2) is 0 Å². The van der Waals surface area contributed by atoms with Crippen LogP contribution in [0.2, 0.25) is 0 Å². The van der Waals surface area contributed by atoms with Crippen molar-refractivity contribution in [1.82, 2.24) is 0 Å². The lowest BCUT2D eigenvalue weighted by molar-refractivity contribution is -0.144. The molecule has 0 fully saturated rings. The van der Waals surface area contributed by atoms with Crippen molar-refractivity contribution in [1.29, 1.82) is 0 Å². The Balaban J connectivity index is 5.22. The number of hydrogen-bond acceptors (Lipinski definition) is 2. The third kappa shape index (κ3) is 2.56. The SMILES string of the molecule is CC(C)C(C(=O)O)C(C)(C)P(=O)(O)O. The van der Waals surface area contributed by atoms with Crippen LogP contribution in [0.4, 0.5) is 0 Å². The van der Waals surface area contributed by atoms with E-state index in [1.54, 1.807) is 13.8 Å². The molecule has 0 amide bonds. The predicted octanol–water partition coefficient (Wildman–Crippen LogP) is 1.30. The van der Waals surface area contributed by atoms with E-state index in [0.29, 0.717) is 0 Å². The molecule has 84 valence electrons. The summed E-state index contributed by atoms with van der Waals surface area (Å²) in [6.45, 7) is 5.84. The number of aliphatic carboxylic acids is 1. The first kappa shape index (κ1) is 13.6. The molecule has 1 unspecified atom stereocenters. The first-order chi connectivity index (χ1) is 6.01. The van der Waals surface area contributed by atoms with Gasteiger partial charge in [-0.15, -0.1) is 0 Å². The number of carboxylic acids is 1. The summed E-state index contributed by atoms with van der Waals surface area (Å²) in [6.07, 6.45) is 0. The lowest BCUT2D eigenvalue weighted by Crippen LogP contribution is -2.40. The highest BCUT2D eigenvalue weighted by atomic mass is 31.2. The molecular weight excluding hydrogens is 207 g/mol. The van der Waals surface area contributed by atoms with E-state index < -0.39 is 24.6 Å². The molecule has 0 radical (unpaired) electrons. The minimum absolute atomic E-state index is 0.324. The van der Waals surface area contributed by atoms with Crippen LogP contribution in [0.25, 0.3) is 0 Å². The van der Waals surface area contributed by atoms with E-state index in [1.807, 2.05) is 0 Å². The van der Waals surface area contributed by atoms with E-state index in [2.05, 4.69) is 0 Å². The molecule has 0 aromatic heterocycles. The van der Waals surface area contributed by atoms with Gasteiger partial charge in [-0.1, -0.05) is 13.8 Å². The molecule has 6 heteroatoms. The summed E-state index contributed by atoms with van der Waals surface area (Å²) in [5.41, 5.74) is 0. The molecule has 0 saturated carbocycles. The Morgan fingerprint density at radius 1 is 1.29 bits per heavy atom. The lowest BCUT2D eigenvalue weighted by atomic mass is 9.85. The standard InChI is InChI=1S/C8H17O5P/c1-5(2)6(7(9)10)8(3,4)14(11,12)13/h5-6H,1-4H3,(H,9,10)(H2,11,12,13). The predicted molar refractivity (Wildman–Crippen MR) is 52.1 cm³/mol. The van der Waals surface area contributed by atoms with E-state index in [-0.39, 0.29) is 5.92 Å². The first-order valence-electron chi connectivity index (χ1n) is 4.30. The summed E-state index contributed by atoms with van der Waals surface area (Å²) < 4.78 is 11.1. The van der Waals surface area contributed by atoms with Gasteiger partial charge in [-0.3, -0.25) is 9.36 Å². The Morgan fingerprint density at radius 3 is 1.71 bits per heavy atom. The molecule has 0 saturated heterocycles. The highest BCUT2D eigenvalue weighted by Gasteiger charge is 2.49. The second-order valence-electron chi connectivity index (χ2n) is 4.26. The fourth-order valence-corrected chi connectivity index (χ4v) is 2.36. The summed E-state index contributed by atoms with van der Waals surface area (Å²) in [4.78, 5) is 29.0. The van der Waals surface area contributed by atoms with Gasteiger partial charge in [-0.2, -0.15) is 0 Å². The molecule has 0 aliphatic rings. The first-order valence-corrected chi connectivity index (χ1v) is 5.91. The number of rotatable bonds is 4. The summed E-state index contributed by atoms with van der Waals surface area (Å²) in [6, 6.07) is 0. The monoisotopic (exact) mass is 224 g/mol. The van der Waals surface area contributed by atoms with Gasteiger partial charge in [0.05, 0.1) is 11.1 Å². The number of carboxylic acid groups (broad SMARTS) is 1. The van der Waals surface area contributed by atoms with Gasteiger partial charge in [0.1, 0.15) is 0 Å². The molecule has 0 spiro atoms. The Kier molecular flexibility index (Phi) is 3.90. The van der Waals surface area contributed by atoms with Gasteiger partial charge in [0.15, 0.2) is 0 Å². The molecule has 0 aliphatic carbocycles. The number of hydrogen-bond donors (Lipinski definition) is 3. The molecule has 1 atom stereocenters. The second kappa shape index (κ2) is 4.01. The molecule has 14 heavy (non-hydrogen) atoms. The molecular formula is C8H17O5P. The molecule has 0 aliphatic heterocycles. The smallest absolute Gasteiger partial charge is 0.331 e. The van der Waals surface area contributed by atoms with Gasteiger partial charge in [0.2, 0.25) is 0 Å². The van der Waals surface area contributed by atoms with E-state index >= 15 is 0 Å². The highest BCUT2D eigenvalue weighted by molar-refractivity contribution is 7.53. The summed E-state index contributed by atoms with van der Waals surface area (Å²) in [5, 5.41) is 7.36. The maximum atomic E-state index is 11.1. The maximum absolute atomic E-state index is 11.1. The van der Waals surface area contributed by atoms with Crippen molar-refractivity contribution in [2.45, 2.75) is 32.9 Å². The Hall–Kier alpha value is -0.380. The van der Waals surface area contributed by atoms with Gasteiger partial charge >= 0.3 is 13.6 Å². The summed E-state index contributed by atoms with van der Waals surface area (Å²) >= 11 is 0. The van der Waals surface area contributed by atoms with Crippen LogP contribution < -0.4 is 0 Å². The van der Waals surface area contributed by atoms with Crippen molar-refractivity contribution in [3.63, 3.8) is 0 Å². The zero-order chi connectivity index (χ0) is 11.7. The Bertz CT molecular complexity index is 265. The van der Waals surface area contributed by atoms with E-state index in [0.717, 1.165) is 0 Å². The zero-order valence-electron chi connectivity index (χ0n) is 8.76. The van der Waals surface area contributed by atoms with Gasteiger partial charge in [0.25, 0.3) is 0 Å². The molecule has 0 heterocycles. The second-order valence-corrected chi connectivity index (χ2v) is 6.50. The maximum Gasteiger partial charge on any atom is 0.331 e. The van der Waals surface area contributed by atoms with Crippen LogP contribution in [0.15, 0.2) is 0 Å². The van der Waals surface area contributed by atoms with E-state index in [9.17, 15) is 9.36 Å². The average molecular weight is 224 g/mol. The van der Waals surface area contributed by atoms with Crippen LogP contribution in [0.5, 0.6) is 0 Å². The van der Waals surface area contributed by atoms with Crippen LogP contribution in [0.1, 0.15) is 27.7 Å². The highest BCUT2D eigenvalue weighted by Crippen LogP contribution is 2.55. The normalized spacial score (nSPS) is 15.6. The summed E-state index contributed by atoms with van der Waals surface area (Å²) in [5.74, 6) is -2.55. The van der Waals surface area contributed by atoms with E-state index in [1.165, 1.54) is 13.8 Å². The Morgan fingerprint density at radius 2 is 1.64 bits per heavy atom. The van der Waals surface area contributed by atoms with Crippen molar-refractivity contribution in [2.24, 2.45) is 11.8 Å². The van der Waals surface area contributed by atoms with Crippen molar-refractivity contribution in [2.75, 3.05) is 0 Å². The lowest BCUT2D eigenvalue weighted by Gasteiger charge is -2.34. The minimum Gasteiger partial charge on any atom is -0.481 e. The van der Waals surface area contributed by atoms with Crippen molar-refractivity contribution in [3.8, 4) is 0 Å². The zero-order valence-corrected chi connectivity index (χ0v) is 9.65. The van der Waals surface area contributed by atoms with Crippen LogP contribution in [-0.4, -0.2) is 26.0 Å². The van der Waals surface area contributed by atoms with Gasteiger partial charge in [-0.05, 0) is 19.8 Å². The average Bonchev–Trinajstić information content (AvgIpc) is 1.79. The summed E-state index contributed by atoms with van der Waals surface area (Å²) in [7, 11) is -4.41. The molecule has 0 aromatic rings. The van der Waals surface area contributed by atoms with E-state index in [4.69, 9.17) is 14.9 Å². The minimum atomic E-state index is -4.41. The molecule has 3 N–H and O–H groups in total. The fraction of sp³-hybridized carbons (Fsp3) is 0.875. The van der Waals surface area contributed by atoms with Crippen LogP contribution in [0.3, 0.4) is 0 Å². The van der Waals surface area contributed by atoms with Gasteiger partial charge in [0, 0.05) is 0 Å². The Labute approximate surface area is 83.3 Å². The number of carbonyl (C=O) groups is 1. The fourth-order valence-electron chi connectivity index (χ4n) is 1.58. The van der Waals surface area contributed by atoms with Crippen LogP contribution in [0, 0.1) is 11.8 Å². The molecule has 5 nitrogen and oxygen atoms in total. The topological polar surface area (TPSA) is 94.8 Å². The largest absolute Gasteiger partial charge is 0.481 e. The van der Waals surface area contributed by atoms with Crippen molar-refractivity contribution < 1.29 is 24.3 Å². The van der Waals surface area contributed by atoms with Crippen molar-refractivity contribution in [3.05, 3.63) is 0 Å². The quantitative estimate of drug-likeness (QED) is 0.625.